The second kappa shape index (κ2) is 7.08. The molecule has 150 valence electrons. The van der Waals surface area contributed by atoms with Gasteiger partial charge in [-0.1, -0.05) is 24.3 Å². The van der Waals surface area contributed by atoms with Crippen molar-refractivity contribution in [3.05, 3.63) is 92.9 Å². The zero-order valence-corrected chi connectivity index (χ0v) is 15.1. The Bertz CT molecular complexity index is 1260. The molecule has 4 rings (SSSR count). The van der Waals surface area contributed by atoms with E-state index in [4.69, 9.17) is 4.74 Å². The van der Waals surface area contributed by atoms with Crippen molar-refractivity contribution in [2.24, 2.45) is 0 Å². The fraction of sp³-hybridized carbons (Fsp3) is 0.0952. The Hall–Kier alpha value is -4.06. The van der Waals surface area contributed by atoms with Gasteiger partial charge in [0.25, 0.3) is 11.5 Å². The lowest BCUT2D eigenvalue weighted by Crippen LogP contribution is -2.35. The minimum absolute atomic E-state index is 0.258. The van der Waals surface area contributed by atoms with Gasteiger partial charge in [-0.2, -0.15) is 18.4 Å². The summed E-state index contributed by atoms with van der Waals surface area (Å²) in [6.07, 6.45) is -4.74. The number of para-hydroxylation sites is 1. The lowest BCUT2D eigenvalue weighted by atomic mass is 9.91. The van der Waals surface area contributed by atoms with Crippen molar-refractivity contribution in [2.45, 2.75) is 12.2 Å². The summed E-state index contributed by atoms with van der Waals surface area (Å²) < 4.78 is 44.1. The summed E-state index contributed by atoms with van der Waals surface area (Å²) in [5, 5.41) is 12.1. The van der Waals surface area contributed by atoms with Crippen molar-refractivity contribution in [3.63, 3.8) is 0 Å². The molecule has 30 heavy (non-hydrogen) atoms. The molecule has 9 heteroatoms. The van der Waals surface area contributed by atoms with E-state index in [1.54, 1.807) is 47.4 Å². The molecular weight excluding hydrogens is 399 g/mol. The highest BCUT2D eigenvalue weighted by Crippen LogP contribution is 2.44. The average molecular weight is 411 g/mol. The molecule has 6 nitrogen and oxygen atoms in total. The van der Waals surface area contributed by atoms with Gasteiger partial charge in [0.1, 0.15) is 22.8 Å². The highest BCUT2D eigenvalue weighted by atomic mass is 19.4. The number of aromatic nitrogens is 1. The van der Waals surface area contributed by atoms with Gasteiger partial charge in [0.2, 0.25) is 0 Å². The third-order valence-electron chi connectivity index (χ3n) is 4.66. The third kappa shape index (κ3) is 3.28. The number of H-pyrrole nitrogens is 1. The Morgan fingerprint density at radius 3 is 2.50 bits per heavy atom. The fourth-order valence-electron chi connectivity index (χ4n) is 3.29. The van der Waals surface area contributed by atoms with E-state index in [1.807, 2.05) is 6.07 Å². The third-order valence-corrected chi connectivity index (χ3v) is 4.66. The van der Waals surface area contributed by atoms with Crippen LogP contribution in [0, 0.1) is 11.3 Å². The number of nitrogens with one attached hydrogen (secondary N) is 2. The van der Waals surface area contributed by atoms with Crippen LogP contribution in [0.25, 0.3) is 0 Å². The van der Waals surface area contributed by atoms with Crippen molar-refractivity contribution < 1.29 is 22.7 Å². The molecule has 2 N–H and O–H groups in total. The quantitative estimate of drug-likeness (QED) is 0.669. The number of aromatic amines is 1. The first-order valence-corrected chi connectivity index (χ1v) is 8.71. The molecule has 0 spiro atoms. The van der Waals surface area contributed by atoms with Crippen molar-refractivity contribution in [1.29, 1.82) is 5.26 Å². The predicted octanol–water partition coefficient (Wildman–Crippen LogP) is 3.89. The van der Waals surface area contributed by atoms with E-state index in [2.05, 4.69) is 5.32 Å². The van der Waals surface area contributed by atoms with Crippen LogP contribution in [0.1, 0.15) is 38.8 Å². The summed E-state index contributed by atoms with van der Waals surface area (Å²) in [7, 11) is 0. The molecule has 1 unspecified atom stereocenters. The topological polar surface area (TPSA) is 95.0 Å². The summed E-state index contributed by atoms with van der Waals surface area (Å²) in [6.45, 7) is 0. The molecule has 0 bridgehead atoms. The Balaban J connectivity index is 1.76. The maximum atomic E-state index is 12.8. The van der Waals surface area contributed by atoms with Crippen LogP contribution < -0.4 is 15.6 Å². The molecule has 0 saturated heterocycles. The number of rotatable bonds is 2. The molecule has 1 amide bonds. The Morgan fingerprint density at radius 1 is 1.07 bits per heavy atom. The normalized spacial score (nSPS) is 14.7. The van der Waals surface area contributed by atoms with Crippen LogP contribution in [0.4, 0.5) is 13.2 Å². The number of halogens is 3. The maximum Gasteiger partial charge on any atom is 0.431 e. The number of carbonyl (C=O) groups is 1. The zero-order valence-electron chi connectivity index (χ0n) is 15.1. The maximum absolute atomic E-state index is 12.8. The molecule has 0 aliphatic carbocycles. The van der Waals surface area contributed by atoms with E-state index >= 15 is 0 Å². The van der Waals surface area contributed by atoms with Crippen LogP contribution >= 0.6 is 0 Å². The smallest absolute Gasteiger partial charge is 0.431 e. The first-order chi connectivity index (χ1) is 14.3. The van der Waals surface area contributed by atoms with E-state index in [-0.39, 0.29) is 5.56 Å². The van der Waals surface area contributed by atoms with Crippen molar-refractivity contribution in [2.75, 3.05) is 0 Å². The number of ether oxygens (including phenoxy) is 1. The van der Waals surface area contributed by atoms with E-state index < -0.39 is 34.9 Å². The number of nitriles is 1. The first-order valence-electron chi connectivity index (χ1n) is 8.71. The van der Waals surface area contributed by atoms with Crippen molar-refractivity contribution in [3.8, 4) is 17.6 Å². The van der Waals surface area contributed by atoms with Gasteiger partial charge in [0.05, 0.1) is 17.7 Å². The molecule has 1 aliphatic rings. The molecule has 1 aromatic heterocycles. The van der Waals surface area contributed by atoms with Gasteiger partial charge in [-0.05, 0) is 30.3 Å². The molecule has 3 aromatic rings. The SMILES string of the molecule is N#Cc1cccc2c1C(NC(=O)c1ccc(C(F)(F)F)[nH]c1=O)c1ccccc1O2. The zero-order chi connectivity index (χ0) is 21.5. The summed E-state index contributed by atoms with van der Waals surface area (Å²) in [5.74, 6) is -0.0727. The van der Waals surface area contributed by atoms with Gasteiger partial charge >= 0.3 is 6.18 Å². The number of fused-ring (bicyclic) bond motifs is 2. The van der Waals surface area contributed by atoms with Gasteiger partial charge in [-0.15, -0.1) is 0 Å². The first kappa shape index (κ1) is 19.3. The average Bonchev–Trinajstić information content (AvgIpc) is 2.72. The van der Waals surface area contributed by atoms with Gasteiger partial charge in [0.15, 0.2) is 0 Å². The second-order valence-corrected chi connectivity index (χ2v) is 6.49. The van der Waals surface area contributed by atoms with Crippen LogP contribution in [-0.2, 0) is 6.18 Å². The lowest BCUT2D eigenvalue weighted by molar-refractivity contribution is -0.141. The second-order valence-electron chi connectivity index (χ2n) is 6.49. The summed E-state index contributed by atoms with van der Waals surface area (Å²) in [6, 6.07) is 14.3. The summed E-state index contributed by atoms with van der Waals surface area (Å²) in [4.78, 5) is 26.5. The number of hydrogen-bond donors (Lipinski definition) is 2. The summed E-state index contributed by atoms with van der Waals surface area (Å²) in [5.41, 5.74) is -1.70. The van der Waals surface area contributed by atoms with Crippen LogP contribution in [-0.4, -0.2) is 10.9 Å². The predicted molar refractivity (Wildman–Crippen MR) is 99.0 cm³/mol. The molecule has 1 atom stereocenters. The lowest BCUT2D eigenvalue weighted by Gasteiger charge is -2.29. The minimum atomic E-state index is -4.74. The van der Waals surface area contributed by atoms with Crippen LogP contribution in [0.15, 0.2) is 59.4 Å². The minimum Gasteiger partial charge on any atom is -0.457 e. The highest BCUT2D eigenvalue weighted by Gasteiger charge is 2.34. The number of benzene rings is 2. The van der Waals surface area contributed by atoms with Crippen molar-refractivity contribution in [1.82, 2.24) is 10.3 Å². The number of hydrogen-bond acceptors (Lipinski definition) is 4. The number of nitrogens with zero attached hydrogens (tertiary/aromatic N) is 1. The Labute approximate surface area is 167 Å². The van der Waals surface area contributed by atoms with Gasteiger partial charge in [-0.25, -0.2) is 0 Å². The van der Waals surface area contributed by atoms with Crippen LogP contribution in [0.5, 0.6) is 11.5 Å². The van der Waals surface area contributed by atoms with E-state index in [0.29, 0.717) is 28.7 Å². The Morgan fingerprint density at radius 2 is 1.80 bits per heavy atom. The molecule has 0 radical (unpaired) electrons. The molecular formula is C21H12F3N3O3. The van der Waals surface area contributed by atoms with E-state index in [9.17, 15) is 28.0 Å². The number of pyridine rings is 1. The van der Waals surface area contributed by atoms with Gasteiger partial charge in [0, 0.05) is 11.1 Å². The molecule has 2 heterocycles. The monoisotopic (exact) mass is 411 g/mol. The fourth-order valence-corrected chi connectivity index (χ4v) is 3.29. The molecule has 0 fully saturated rings. The number of amides is 1. The summed E-state index contributed by atoms with van der Waals surface area (Å²) >= 11 is 0. The molecule has 2 aromatic carbocycles. The van der Waals surface area contributed by atoms with Gasteiger partial charge in [-0.3, -0.25) is 9.59 Å². The van der Waals surface area contributed by atoms with E-state index in [1.165, 1.54) is 0 Å². The van der Waals surface area contributed by atoms with Crippen LogP contribution in [0.3, 0.4) is 0 Å². The van der Waals surface area contributed by atoms with E-state index in [0.717, 1.165) is 6.07 Å². The van der Waals surface area contributed by atoms with Crippen LogP contribution in [0.2, 0.25) is 0 Å². The van der Waals surface area contributed by atoms with Crippen molar-refractivity contribution >= 4 is 5.91 Å². The Kier molecular flexibility index (Phi) is 4.54. The van der Waals surface area contributed by atoms with Gasteiger partial charge < -0.3 is 15.0 Å². The largest absolute Gasteiger partial charge is 0.457 e. The standard InChI is InChI=1S/C21H12F3N3O3/c22-21(23,24)16-9-8-13(19(28)26-16)20(29)27-18-12-5-1-2-6-14(12)30-15-7-3-4-11(10-25)17(15)18/h1-9,18H,(H,26,28)(H,27,29). The highest BCUT2D eigenvalue weighted by molar-refractivity contribution is 5.94. The number of carbonyl (C=O) groups excluding carboxylic acids is 1. The number of alkyl halides is 3. The molecule has 0 saturated carbocycles. The molecule has 1 aliphatic heterocycles.